The van der Waals surface area contributed by atoms with E-state index < -0.39 is 11.7 Å². The summed E-state index contributed by atoms with van der Waals surface area (Å²) in [6.45, 7) is 11.8. The molecule has 4 nitrogen and oxygen atoms in total. The van der Waals surface area contributed by atoms with Crippen LogP contribution in [0, 0.1) is 11.2 Å². The van der Waals surface area contributed by atoms with Crippen LogP contribution in [0.3, 0.4) is 0 Å². The van der Waals surface area contributed by atoms with E-state index >= 15 is 0 Å². The van der Waals surface area contributed by atoms with Crippen LogP contribution in [0.15, 0.2) is 36.9 Å². The Morgan fingerprint density at radius 1 is 1.32 bits per heavy atom. The van der Waals surface area contributed by atoms with Crippen molar-refractivity contribution in [2.45, 2.75) is 58.6 Å². The lowest BCUT2D eigenvalue weighted by atomic mass is 9.83. The van der Waals surface area contributed by atoms with Gasteiger partial charge in [0, 0.05) is 12.6 Å². The fourth-order valence-electron chi connectivity index (χ4n) is 3.35. The van der Waals surface area contributed by atoms with Gasteiger partial charge in [-0.15, -0.1) is 6.58 Å². The molecule has 0 aliphatic rings. The maximum Gasteiger partial charge on any atom is 0.407 e. The first kappa shape index (κ1) is 21.2. The summed E-state index contributed by atoms with van der Waals surface area (Å²) in [5.74, 6) is -0.379. The monoisotopic (exact) mass is 351 g/mol. The number of benzene rings is 1. The van der Waals surface area contributed by atoms with Gasteiger partial charge < -0.3 is 15.1 Å². The van der Waals surface area contributed by atoms with Gasteiger partial charge in [-0.1, -0.05) is 45.9 Å². The van der Waals surface area contributed by atoms with Gasteiger partial charge in [-0.25, -0.2) is 9.18 Å². The molecule has 2 N–H and O–H groups in total. The maximum absolute atomic E-state index is 13.2. The molecule has 0 aliphatic carbocycles. The number of aliphatic hydroxyl groups is 1. The third-order valence-electron chi connectivity index (χ3n) is 4.64. The number of hydrogen-bond acceptors (Lipinski definition) is 2. The van der Waals surface area contributed by atoms with Crippen molar-refractivity contribution < 1.29 is 19.4 Å². The summed E-state index contributed by atoms with van der Waals surface area (Å²) in [4.78, 5) is 13.2. The van der Waals surface area contributed by atoms with Gasteiger partial charge in [0.2, 0.25) is 0 Å². The summed E-state index contributed by atoms with van der Waals surface area (Å²) in [5, 5.41) is 20.7. The Balaban J connectivity index is 3.05. The molecule has 2 atom stereocenters. The minimum Gasteiger partial charge on any atom is -0.465 e. The van der Waals surface area contributed by atoms with Crippen LogP contribution in [0.5, 0.6) is 0 Å². The first-order valence-electron chi connectivity index (χ1n) is 8.64. The van der Waals surface area contributed by atoms with Crippen LogP contribution in [0.2, 0.25) is 0 Å². The van der Waals surface area contributed by atoms with Gasteiger partial charge in [-0.2, -0.15) is 0 Å². The second-order valence-electron chi connectivity index (χ2n) is 7.55. The molecule has 0 spiro atoms. The third-order valence-corrected chi connectivity index (χ3v) is 4.64. The number of amides is 1. The van der Waals surface area contributed by atoms with E-state index in [4.69, 9.17) is 0 Å². The highest BCUT2D eigenvalue weighted by Gasteiger charge is 2.35. The van der Waals surface area contributed by atoms with Crippen LogP contribution in [0.1, 0.15) is 52.5 Å². The van der Waals surface area contributed by atoms with Crippen molar-refractivity contribution in [3.05, 3.63) is 48.3 Å². The molecule has 140 valence electrons. The van der Waals surface area contributed by atoms with E-state index in [0.29, 0.717) is 12.0 Å². The topological polar surface area (TPSA) is 60.8 Å². The van der Waals surface area contributed by atoms with Crippen molar-refractivity contribution in [2.75, 3.05) is 6.54 Å². The fourth-order valence-corrected chi connectivity index (χ4v) is 3.35. The van der Waals surface area contributed by atoms with Crippen molar-refractivity contribution in [1.29, 1.82) is 0 Å². The summed E-state index contributed by atoms with van der Waals surface area (Å²) in [6.07, 6.45) is 1.76. The van der Waals surface area contributed by atoms with Gasteiger partial charge in [-0.05, 0) is 42.4 Å². The second-order valence-corrected chi connectivity index (χ2v) is 7.55. The number of carboxylic acid groups (broad SMARTS) is 1. The zero-order chi connectivity index (χ0) is 19.3. The van der Waals surface area contributed by atoms with Crippen molar-refractivity contribution in [3.8, 4) is 0 Å². The Labute approximate surface area is 150 Å². The molecule has 0 saturated heterocycles. The van der Waals surface area contributed by atoms with Crippen molar-refractivity contribution in [1.82, 2.24) is 4.90 Å². The largest absolute Gasteiger partial charge is 0.465 e. The lowest BCUT2D eigenvalue weighted by Crippen LogP contribution is -2.48. The predicted molar refractivity (Wildman–Crippen MR) is 98.0 cm³/mol. The summed E-state index contributed by atoms with van der Waals surface area (Å²) >= 11 is 0. The molecular formula is C20H30FNO3. The van der Waals surface area contributed by atoms with Crippen molar-refractivity contribution in [3.63, 3.8) is 0 Å². The highest BCUT2D eigenvalue weighted by atomic mass is 19.1. The number of hydrogen-bond donors (Lipinski definition) is 2. The molecule has 0 aliphatic heterocycles. The number of nitrogens with zero attached hydrogens (tertiary/aromatic N) is 1. The zero-order valence-corrected chi connectivity index (χ0v) is 15.6. The smallest absolute Gasteiger partial charge is 0.407 e. The summed E-state index contributed by atoms with van der Waals surface area (Å²) in [5.41, 5.74) is -0.929. The van der Waals surface area contributed by atoms with Gasteiger partial charge in [0.1, 0.15) is 5.82 Å². The van der Waals surface area contributed by atoms with Gasteiger partial charge in [0.05, 0.1) is 5.60 Å². The van der Waals surface area contributed by atoms with E-state index in [1.165, 1.54) is 29.2 Å². The van der Waals surface area contributed by atoms with Gasteiger partial charge >= 0.3 is 6.09 Å². The fraction of sp³-hybridized carbons (Fsp3) is 0.550. The predicted octanol–water partition coefficient (Wildman–Crippen LogP) is 4.78. The summed E-state index contributed by atoms with van der Waals surface area (Å²) in [6, 6.07) is 5.49. The van der Waals surface area contributed by atoms with E-state index in [-0.39, 0.29) is 36.7 Å². The van der Waals surface area contributed by atoms with E-state index in [9.17, 15) is 19.4 Å². The Hall–Kier alpha value is -1.88. The van der Waals surface area contributed by atoms with Gasteiger partial charge in [0.15, 0.2) is 0 Å². The maximum atomic E-state index is 13.2. The zero-order valence-electron chi connectivity index (χ0n) is 15.6. The highest BCUT2D eigenvalue weighted by Crippen LogP contribution is 2.32. The van der Waals surface area contributed by atoms with Crippen LogP contribution in [0.25, 0.3) is 0 Å². The Bertz CT molecular complexity index is 580. The van der Waals surface area contributed by atoms with Crippen LogP contribution in [0.4, 0.5) is 9.18 Å². The standard InChI is InChI=1S/C20H30FNO3/c1-6-12-20(25,15-8-10-16(21)11-9-15)13-14-22(18(23)24)17(7-2)19(3,4)5/h6,8-11,17,25H,1,7,12-14H2,2-5H3,(H,23,24). The van der Waals surface area contributed by atoms with Gasteiger partial charge in [0.25, 0.3) is 0 Å². The number of carbonyl (C=O) groups is 1. The Kier molecular flexibility index (Phi) is 7.17. The summed E-state index contributed by atoms with van der Waals surface area (Å²) < 4.78 is 13.2. The molecule has 0 bridgehead atoms. The summed E-state index contributed by atoms with van der Waals surface area (Å²) in [7, 11) is 0. The molecule has 2 unspecified atom stereocenters. The molecule has 1 aromatic rings. The molecule has 0 aromatic heterocycles. The molecule has 1 rings (SSSR count). The highest BCUT2D eigenvalue weighted by molar-refractivity contribution is 5.65. The Morgan fingerprint density at radius 3 is 2.28 bits per heavy atom. The molecule has 0 saturated carbocycles. The lowest BCUT2D eigenvalue weighted by molar-refractivity contribution is 0.00808. The van der Waals surface area contributed by atoms with E-state index in [1.54, 1.807) is 6.08 Å². The number of halogens is 1. The average Bonchev–Trinajstić information content (AvgIpc) is 2.50. The van der Waals surface area contributed by atoms with Gasteiger partial charge in [-0.3, -0.25) is 0 Å². The van der Waals surface area contributed by atoms with E-state index in [1.807, 2.05) is 27.7 Å². The molecule has 0 heterocycles. The van der Waals surface area contributed by atoms with Crippen LogP contribution in [-0.2, 0) is 5.60 Å². The first-order valence-corrected chi connectivity index (χ1v) is 8.64. The van der Waals surface area contributed by atoms with E-state index in [0.717, 1.165) is 0 Å². The van der Waals surface area contributed by atoms with Crippen LogP contribution in [-0.4, -0.2) is 33.8 Å². The minimum absolute atomic E-state index is 0.161. The second kappa shape index (κ2) is 8.48. The number of rotatable bonds is 8. The molecular weight excluding hydrogens is 321 g/mol. The Morgan fingerprint density at radius 2 is 1.88 bits per heavy atom. The SMILES string of the molecule is C=CCC(O)(CCN(C(=O)O)C(CC)C(C)(C)C)c1ccc(F)cc1. The van der Waals surface area contributed by atoms with Crippen LogP contribution < -0.4 is 0 Å². The molecule has 0 fully saturated rings. The normalized spacial score (nSPS) is 15.3. The minimum atomic E-state index is -1.28. The van der Waals surface area contributed by atoms with E-state index in [2.05, 4.69) is 6.58 Å². The third kappa shape index (κ3) is 5.56. The molecule has 0 radical (unpaired) electrons. The van der Waals surface area contributed by atoms with Crippen LogP contribution >= 0.6 is 0 Å². The molecule has 1 amide bonds. The molecule has 1 aromatic carbocycles. The van der Waals surface area contributed by atoms with Crippen molar-refractivity contribution in [2.24, 2.45) is 5.41 Å². The lowest BCUT2D eigenvalue weighted by Gasteiger charge is -2.40. The average molecular weight is 351 g/mol. The first-order chi connectivity index (χ1) is 11.5. The molecule has 5 heteroatoms. The quantitative estimate of drug-likeness (QED) is 0.662. The molecule has 25 heavy (non-hydrogen) atoms. The van der Waals surface area contributed by atoms with Crippen molar-refractivity contribution >= 4 is 6.09 Å².